The van der Waals surface area contributed by atoms with E-state index in [0.29, 0.717) is 6.07 Å². The molecule has 1 aromatic rings. The fraction of sp³-hybridized carbons (Fsp3) is 0.538. The Labute approximate surface area is 118 Å². The lowest BCUT2D eigenvalue weighted by molar-refractivity contribution is 0.392. The van der Waals surface area contributed by atoms with Gasteiger partial charge in [-0.15, -0.1) is 0 Å². The summed E-state index contributed by atoms with van der Waals surface area (Å²) in [6.45, 7) is 4.03. The summed E-state index contributed by atoms with van der Waals surface area (Å²) in [6.07, 6.45) is 1.70. The van der Waals surface area contributed by atoms with Crippen molar-refractivity contribution in [3.8, 4) is 0 Å². The second kappa shape index (κ2) is 7.10. The average molecular weight is 306 g/mol. The molecule has 0 bridgehead atoms. The van der Waals surface area contributed by atoms with E-state index in [9.17, 15) is 17.2 Å². The Kier molecular flexibility index (Phi) is 6.04. The lowest BCUT2D eigenvalue weighted by Crippen LogP contribution is -2.41. The highest BCUT2D eigenvalue weighted by Crippen LogP contribution is 2.15. The summed E-state index contributed by atoms with van der Waals surface area (Å²) < 4.78 is 52.1. The van der Waals surface area contributed by atoms with Crippen LogP contribution in [0.3, 0.4) is 0 Å². The van der Waals surface area contributed by atoms with Crippen LogP contribution in [0.2, 0.25) is 0 Å². The van der Waals surface area contributed by atoms with E-state index in [1.807, 2.05) is 13.8 Å². The fourth-order valence-corrected chi connectivity index (χ4v) is 3.08. The Hall–Kier alpha value is -1.05. The van der Waals surface area contributed by atoms with Gasteiger partial charge in [0.2, 0.25) is 10.0 Å². The van der Waals surface area contributed by atoms with Crippen LogP contribution in [0.25, 0.3) is 0 Å². The van der Waals surface area contributed by atoms with Crippen LogP contribution in [0, 0.1) is 17.6 Å². The summed E-state index contributed by atoms with van der Waals surface area (Å²) in [4.78, 5) is -0.312. The highest BCUT2D eigenvalue weighted by atomic mass is 32.2. The summed E-state index contributed by atoms with van der Waals surface area (Å²) in [6, 6.07) is 2.14. The molecule has 4 nitrogen and oxygen atoms in total. The van der Waals surface area contributed by atoms with Gasteiger partial charge in [-0.2, -0.15) is 0 Å². The largest absolute Gasteiger partial charge is 0.326 e. The molecule has 3 N–H and O–H groups in total. The van der Waals surface area contributed by atoms with Gasteiger partial charge in [-0.25, -0.2) is 21.9 Å². The van der Waals surface area contributed by atoms with Crippen molar-refractivity contribution in [1.82, 2.24) is 4.72 Å². The van der Waals surface area contributed by atoms with Gasteiger partial charge in [0.25, 0.3) is 0 Å². The molecule has 0 aliphatic rings. The molecule has 1 atom stereocenters. The highest BCUT2D eigenvalue weighted by Gasteiger charge is 2.20. The first-order valence-electron chi connectivity index (χ1n) is 6.52. The van der Waals surface area contributed by atoms with E-state index in [0.717, 1.165) is 25.0 Å². The van der Waals surface area contributed by atoms with Crippen molar-refractivity contribution in [3.63, 3.8) is 0 Å². The van der Waals surface area contributed by atoms with E-state index in [4.69, 9.17) is 5.73 Å². The zero-order chi connectivity index (χ0) is 15.3. The minimum atomic E-state index is -3.88. The van der Waals surface area contributed by atoms with E-state index in [2.05, 4.69) is 4.72 Å². The van der Waals surface area contributed by atoms with Crippen molar-refractivity contribution < 1.29 is 17.2 Å². The average Bonchev–Trinajstić information content (AvgIpc) is 2.41. The topological polar surface area (TPSA) is 72.2 Å². The second-order valence-corrected chi connectivity index (χ2v) is 6.44. The summed E-state index contributed by atoms with van der Waals surface area (Å²) in [5.41, 5.74) is 5.92. The molecule has 0 saturated carbocycles. The van der Waals surface area contributed by atoms with Gasteiger partial charge in [0.1, 0.15) is 0 Å². The van der Waals surface area contributed by atoms with Gasteiger partial charge in [0.15, 0.2) is 11.6 Å². The van der Waals surface area contributed by atoms with Gasteiger partial charge in [-0.3, -0.25) is 0 Å². The Morgan fingerprint density at radius 2 is 1.80 bits per heavy atom. The standard InChI is InChI=1S/C13H20F2N2O2S/c1-3-9(4-2)13(16)8-17-20(18,19)10-5-6-11(14)12(15)7-10/h5-7,9,13,17H,3-4,8,16H2,1-2H3. The van der Waals surface area contributed by atoms with Gasteiger partial charge in [-0.1, -0.05) is 26.7 Å². The van der Waals surface area contributed by atoms with E-state index >= 15 is 0 Å². The third kappa shape index (κ3) is 4.22. The van der Waals surface area contributed by atoms with Crippen molar-refractivity contribution in [1.29, 1.82) is 0 Å². The van der Waals surface area contributed by atoms with Gasteiger partial charge in [-0.05, 0) is 24.1 Å². The molecular weight excluding hydrogens is 286 g/mol. The SMILES string of the molecule is CCC(CC)C(N)CNS(=O)(=O)c1ccc(F)c(F)c1. The minimum absolute atomic E-state index is 0.0632. The predicted octanol–water partition coefficient (Wildman–Crippen LogP) is 2.01. The van der Waals surface area contributed by atoms with Crippen LogP contribution in [0.5, 0.6) is 0 Å². The van der Waals surface area contributed by atoms with Crippen LogP contribution in [0.1, 0.15) is 26.7 Å². The van der Waals surface area contributed by atoms with Crippen molar-refractivity contribution >= 4 is 10.0 Å². The van der Waals surface area contributed by atoms with Crippen LogP contribution >= 0.6 is 0 Å². The monoisotopic (exact) mass is 306 g/mol. The second-order valence-electron chi connectivity index (χ2n) is 4.67. The molecule has 0 saturated heterocycles. The van der Waals surface area contributed by atoms with Crippen LogP contribution in [-0.2, 0) is 10.0 Å². The molecular formula is C13H20F2N2O2S. The Morgan fingerprint density at radius 3 is 2.30 bits per heavy atom. The normalized spacial score (nSPS) is 13.7. The maximum Gasteiger partial charge on any atom is 0.240 e. The van der Waals surface area contributed by atoms with Crippen molar-refractivity contribution in [2.75, 3.05) is 6.54 Å². The minimum Gasteiger partial charge on any atom is -0.326 e. The predicted molar refractivity (Wildman–Crippen MR) is 73.6 cm³/mol. The summed E-state index contributed by atoms with van der Waals surface area (Å²) in [7, 11) is -3.88. The number of nitrogens with two attached hydrogens (primary N) is 1. The molecule has 0 amide bonds. The van der Waals surface area contributed by atoms with E-state index in [-0.39, 0.29) is 23.4 Å². The first-order chi connectivity index (χ1) is 9.31. The number of hydrogen-bond donors (Lipinski definition) is 2. The first kappa shape index (κ1) is 17.0. The van der Waals surface area contributed by atoms with Gasteiger partial charge < -0.3 is 5.73 Å². The third-order valence-electron chi connectivity index (χ3n) is 3.36. The molecule has 0 aromatic heterocycles. The van der Waals surface area contributed by atoms with Crippen LogP contribution in [0.15, 0.2) is 23.1 Å². The van der Waals surface area contributed by atoms with Gasteiger partial charge >= 0.3 is 0 Å². The molecule has 20 heavy (non-hydrogen) atoms. The van der Waals surface area contributed by atoms with E-state index in [1.54, 1.807) is 0 Å². The molecule has 0 radical (unpaired) electrons. The summed E-state index contributed by atoms with van der Waals surface area (Å²) in [5.74, 6) is -2.07. The zero-order valence-corrected chi connectivity index (χ0v) is 12.4. The quantitative estimate of drug-likeness (QED) is 0.809. The van der Waals surface area contributed by atoms with Crippen LogP contribution in [-0.4, -0.2) is 21.0 Å². The van der Waals surface area contributed by atoms with Crippen LogP contribution < -0.4 is 10.5 Å². The number of halogens is 2. The van der Waals surface area contributed by atoms with Crippen molar-refractivity contribution in [2.45, 2.75) is 37.6 Å². The Morgan fingerprint density at radius 1 is 1.20 bits per heavy atom. The number of hydrogen-bond acceptors (Lipinski definition) is 3. The third-order valence-corrected chi connectivity index (χ3v) is 4.79. The molecule has 1 rings (SSSR count). The maximum absolute atomic E-state index is 13.1. The lowest BCUT2D eigenvalue weighted by atomic mass is 9.95. The first-order valence-corrected chi connectivity index (χ1v) is 8.00. The molecule has 1 aromatic carbocycles. The number of benzene rings is 1. The molecule has 7 heteroatoms. The van der Waals surface area contributed by atoms with Crippen molar-refractivity contribution in [2.24, 2.45) is 11.7 Å². The molecule has 114 valence electrons. The smallest absolute Gasteiger partial charge is 0.240 e. The highest BCUT2D eigenvalue weighted by molar-refractivity contribution is 7.89. The van der Waals surface area contributed by atoms with E-state index in [1.165, 1.54) is 0 Å². The fourth-order valence-electron chi connectivity index (χ4n) is 1.99. The molecule has 1 unspecified atom stereocenters. The molecule has 0 aliphatic carbocycles. The number of nitrogens with one attached hydrogen (secondary N) is 1. The molecule has 0 aliphatic heterocycles. The molecule has 0 spiro atoms. The maximum atomic E-state index is 13.1. The summed E-state index contributed by atoms with van der Waals surface area (Å²) >= 11 is 0. The Bertz CT molecular complexity index is 545. The molecule has 0 heterocycles. The Balaban J connectivity index is 2.77. The number of sulfonamides is 1. The lowest BCUT2D eigenvalue weighted by Gasteiger charge is -2.21. The van der Waals surface area contributed by atoms with Gasteiger partial charge in [0.05, 0.1) is 4.90 Å². The van der Waals surface area contributed by atoms with Crippen molar-refractivity contribution in [3.05, 3.63) is 29.8 Å². The van der Waals surface area contributed by atoms with Crippen LogP contribution in [0.4, 0.5) is 8.78 Å². The van der Waals surface area contributed by atoms with Gasteiger partial charge in [0, 0.05) is 12.6 Å². The van der Waals surface area contributed by atoms with E-state index < -0.39 is 21.7 Å². The zero-order valence-electron chi connectivity index (χ0n) is 11.6. The number of rotatable bonds is 7. The molecule has 0 fully saturated rings. The summed E-state index contributed by atoms with van der Waals surface area (Å²) in [5, 5.41) is 0.